The molecule has 2 aromatic carbocycles. The summed E-state index contributed by atoms with van der Waals surface area (Å²) >= 11 is 0. The SMILES string of the molecule is CCOC(=O)c1cc(-c2ccc(N3CCOCC3)cc2)c(C(=N)C(C)C)c(Nc2cccc(N3CCC(F)C3)c2)n1. The van der Waals surface area contributed by atoms with Crippen molar-refractivity contribution in [1.82, 2.24) is 4.98 Å². The fourth-order valence-corrected chi connectivity index (χ4v) is 5.28. The number of hydrogen-bond acceptors (Lipinski definition) is 8. The summed E-state index contributed by atoms with van der Waals surface area (Å²) < 4.78 is 24.7. The number of anilines is 4. The minimum absolute atomic E-state index is 0.0883. The number of nitrogens with one attached hydrogen (secondary N) is 2. The van der Waals surface area contributed by atoms with Crippen LogP contribution in [0.4, 0.5) is 27.3 Å². The summed E-state index contributed by atoms with van der Waals surface area (Å²) in [6, 6.07) is 17.6. The molecule has 3 aromatic rings. The summed E-state index contributed by atoms with van der Waals surface area (Å²) in [5, 5.41) is 12.5. The zero-order chi connectivity index (χ0) is 28.9. The summed E-state index contributed by atoms with van der Waals surface area (Å²) in [5.74, 6) is -0.206. The van der Waals surface area contributed by atoms with Crippen LogP contribution in [0.25, 0.3) is 11.1 Å². The van der Waals surface area contributed by atoms with E-state index in [0.717, 1.165) is 41.3 Å². The normalized spacial score (nSPS) is 17.1. The molecule has 2 saturated heterocycles. The number of carbonyl (C=O) groups is 1. The van der Waals surface area contributed by atoms with Gasteiger partial charge in [-0.1, -0.05) is 32.0 Å². The number of esters is 1. The van der Waals surface area contributed by atoms with Crippen LogP contribution >= 0.6 is 0 Å². The van der Waals surface area contributed by atoms with Gasteiger partial charge in [0.15, 0.2) is 5.69 Å². The van der Waals surface area contributed by atoms with E-state index in [1.807, 2.05) is 55.1 Å². The van der Waals surface area contributed by atoms with Crippen molar-refractivity contribution in [2.45, 2.75) is 33.4 Å². The summed E-state index contributed by atoms with van der Waals surface area (Å²) in [7, 11) is 0. The fraction of sp³-hybridized carbons (Fsp3) is 0.406. The highest BCUT2D eigenvalue weighted by Crippen LogP contribution is 2.35. The molecule has 1 atom stereocenters. The number of nitrogens with zero attached hydrogens (tertiary/aromatic N) is 3. The third-order valence-corrected chi connectivity index (χ3v) is 7.51. The summed E-state index contributed by atoms with van der Waals surface area (Å²) in [6.07, 6.45) is -0.311. The van der Waals surface area contributed by atoms with Crippen molar-refractivity contribution in [1.29, 1.82) is 5.41 Å². The van der Waals surface area contributed by atoms with Crippen molar-refractivity contribution >= 4 is 34.6 Å². The summed E-state index contributed by atoms with van der Waals surface area (Å²) in [4.78, 5) is 21.9. The molecule has 5 rings (SSSR count). The first-order chi connectivity index (χ1) is 19.8. The van der Waals surface area contributed by atoms with E-state index in [0.29, 0.717) is 49.8 Å². The molecule has 2 fully saturated rings. The van der Waals surface area contributed by atoms with Crippen molar-refractivity contribution in [3.8, 4) is 11.1 Å². The van der Waals surface area contributed by atoms with E-state index in [1.54, 1.807) is 13.0 Å². The smallest absolute Gasteiger partial charge is 0.357 e. The molecule has 0 saturated carbocycles. The van der Waals surface area contributed by atoms with Crippen LogP contribution in [-0.4, -0.2) is 68.8 Å². The number of aromatic nitrogens is 1. The van der Waals surface area contributed by atoms with E-state index in [9.17, 15) is 9.18 Å². The number of halogens is 1. The Morgan fingerprint density at radius 1 is 1.10 bits per heavy atom. The van der Waals surface area contributed by atoms with E-state index in [2.05, 4.69) is 27.3 Å². The monoisotopic (exact) mass is 559 g/mol. The standard InChI is InChI=1S/C32H38FN5O3/c1-4-41-32(39)28-19-27(22-8-10-25(11-9-22)37-14-16-40-17-15-37)29(30(34)21(2)3)31(36-28)35-24-6-5-7-26(18-24)38-13-12-23(33)20-38/h5-11,18-19,21,23,34H,4,12-17,20H2,1-3H3,(H,35,36). The first-order valence-electron chi connectivity index (χ1n) is 14.3. The molecule has 2 aliphatic rings. The van der Waals surface area contributed by atoms with E-state index >= 15 is 0 Å². The highest BCUT2D eigenvalue weighted by atomic mass is 19.1. The highest BCUT2D eigenvalue weighted by Gasteiger charge is 2.25. The van der Waals surface area contributed by atoms with Crippen LogP contribution in [-0.2, 0) is 9.47 Å². The maximum absolute atomic E-state index is 13.9. The van der Waals surface area contributed by atoms with Crippen LogP contribution in [0.5, 0.6) is 0 Å². The number of carbonyl (C=O) groups excluding carboxylic acids is 1. The number of ether oxygens (including phenoxy) is 2. The number of rotatable bonds is 9. The van der Waals surface area contributed by atoms with Crippen molar-refractivity contribution in [3.05, 3.63) is 65.9 Å². The lowest BCUT2D eigenvalue weighted by Crippen LogP contribution is -2.36. The number of alkyl halides is 1. The van der Waals surface area contributed by atoms with Gasteiger partial charge in [0.05, 0.1) is 19.8 Å². The maximum atomic E-state index is 13.9. The molecule has 1 aromatic heterocycles. The van der Waals surface area contributed by atoms with Gasteiger partial charge in [0.2, 0.25) is 0 Å². The van der Waals surface area contributed by atoms with Crippen LogP contribution in [0, 0.1) is 11.3 Å². The van der Waals surface area contributed by atoms with Gasteiger partial charge in [-0.15, -0.1) is 0 Å². The van der Waals surface area contributed by atoms with Crippen molar-refractivity contribution < 1.29 is 18.7 Å². The largest absolute Gasteiger partial charge is 0.461 e. The zero-order valence-electron chi connectivity index (χ0n) is 24.0. The van der Waals surface area contributed by atoms with E-state index in [4.69, 9.17) is 14.9 Å². The van der Waals surface area contributed by atoms with E-state index in [1.165, 1.54) is 0 Å². The van der Waals surface area contributed by atoms with E-state index < -0.39 is 12.1 Å². The molecular weight excluding hydrogens is 521 g/mol. The Balaban J connectivity index is 1.58. The predicted molar refractivity (Wildman–Crippen MR) is 162 cm³/mol. The van der Waals surface area contributed by atoms with Crippen LogP contribution in [0.15, 0.2) is 54.6 Å². The molecular formula is C32H38FN5O3. The second kappa shape index (κ2) is 12.7. The quantitative estimate of drug-likeness (QED) is 0.243. The van der Waals surface area contributed by atoms with Crippen LogP contribution in [0.2, 0.25) is 0 Å². The van der Waals surface area contributed by atoms with Crippen LogP contribution in [0.1, 0.15) is 43.2 Å². The first kappa shape index (κ1) is 28.5. The Hall–Kier alpha value is -3.98. The van der Waals surface area contributed by atoms with Gasteiger partial charge < -0.3 is 30.0 Å². The molecule has 1 unspecified atom stereocenters. The van der Waals surface area contributed by atoms with Gasteiger partial charge in [0.25, 0.3) is 0 Å². The second-order valence-electron chi connectivity index (χ2n) is 10.7. The topological polar surface area (TPSA) is 90.8 Å². The van der Waals surface area contributed by atoms with Crippen LogP contribution < -0.4 is 15.1 Å². The van der Waals surface area contributed by atoms with Crippen LogP contribution in [0.3, 0.4) is 0 Å². The third kappa shape index (κ3) is 6.51. The van der Waals surface area contributed by atoms with Crippen molar-refractivity contribution in [3.63, 3.8) is 0 Å². The second-order valence-corrected chi connectivity index (χ2v) is 10.7. The van der Waals surface area contributed by atoms with Gasteiger partial charge in [0.1, 0.15) is 12.0 Å². The van der Waals surface area contributed by atoms with Gasteiger partial charge in [-0.3, -0.25) is 0 Å². The molecule has 41 heavy (non-hydrogen) atoms. The molecule has 0 spiro atoms. The summed E-state index contributed by atoms with van der Waals surface area (Å²) in [5.41, 5.74) is 5.55. The highest BCUT2D eigenvalue weighted by molar-refractivity contribution is 6.10. The molecule has 0 amide bonds. The Bertz CT molecular complexity index is 1390. The number of pyridine rings is 1. The molecule has 9 heteroatoms. The Labute approximate surface area is 241 Å². The van der Waals surface area contributed by atoms with E-state index in [-0.39, 0.29) is 18.2 Å². The maximum Gasteiger partial charge on any atom is 0.357 e. The molecule has 2 aliphatic heterocycles. The Morgan fingerprint density at radius 3 is 2.51 bits per heavy atom. The molecule has 0 bridgehead atoms. The predicted octanol–water partition coefficient (Wildman–Crippen LogP) is 6.08. The number of hydrogen-bond donors (Lipinski definition) is 2. The lowest BCUT2D eigenvalue weighted by Gasteiger charge is -2.29. The van der Waals surface area contributed by atoms with Gasteiger partial charge in [-0.2, -0.15) is 0 Å². The van der Waals surface area contributed by atoms with Gasteiger partial charge >= 0.3 is 5.97 Å². The molecule has 2 N–H and O–H groups in total. The van der Waals surface area contributed by atoms with Crippen molar-refractivity contribution in [2.75, 3.05) is 61.1 Å². The Kier molecular flexibility index (Phi) is 8.83. The lowest BCUT2D eigenvalue weighted by molar-refractivity contribution is 0.0519. The average molecular weight is 560 g/mol. The zero-order valence-corrected chi connectivity index (χ0v) is 24.0. The number of morpholine rings is 1. The minimum atomic E-state index is -0.829. The molecule has 0 radical (unpaired) electrons. The molecule has 0 aliphatic carbocycles. The lowest BCUT2D eigenvalue weighted by atomic mass is 9.91. The molecule has 216 valence electrons. The average Bonchev–Trinajstić information content (AvgIpc) is 3.43. The first-order valence-corrected chi connectivity index (χ1v) is 14.3. The van der Waals surface area contributed by atoms with Crippen molar-refractivity contribution in [2.24, 2.45) is 5.92 Å². The molecule has 8 nitrogen and oxygen atoms in total. The third-order valence-electron chi connectivity index (χ3n) is 7.51. The van der Waals surface area contributed by atoms with Gasteiger partial charge in [0, 0.05) is 54.5 Å². The van der Waals surface area contributed by atoms with Gasteiger partial charge in [-0.25, -0.2) is 14.2 Å². The summed E-state index contributed by atoms with van der Waals surface area (Å²) in [6.45, 7) is 10.0. The fourth-order valence-electron chi connectivity index (χ4n) is 5.28. The number of benzene rings is 2. The minimum Gasteiger partial charge on any atom is -0.461 e. The molecule has 3 heterocycles. The Morgan fingerprint density at radius 2 is 1.85 bits per heavy atom. The van der Waals surface area contributed by atoms with Gasteiger partial charge in [-0.05, 0) is 66.8 Å².